The van der Waals surface area contributed by atoms with Crippen molar-refractivity contribution in [2.75, 3.05) is 40.6 Å². The number of methoxy groups -OCH3 is 2. The van der Waals surface area contributed by atoms with Gasteiger partial charge in [0.1, 0.15) is 12.4 Å². The zero-order valence-electron chi connectivity index (χ0n) is 10.8. The number of carbonyl (C=O) groups excluding carboxylic acids is 1. The molecule has 5 nitrogen and oxygen atoms in total. The average molecular weight is 253 g/mol. The highest BCUT2D eigenvalue weighted by molar-refractivity contribution is 5.94. The Morgan fingerprint density at radius 3 is 2.33 bits per heavy atom. The minimum atomic E-state index is -0.115. The summed E-state index contributed by atoms with van der Waals surface area (Å²) in [5, 5.41) is 2.75. The largest absolute Gasteiger partial charge is 0.491 e. The molecule has 0 aliphatic rings. The summed E-state index contributed by atoms with van der Waals surface area (Å²) >= 11 is 0. The summed E-state index contributed by atoms with van der Waals surface area (Å²) < 4.78 is 15.1. The van der Waals surface area contributed by atoms with Crippen molar-refractivity contribution in [1.29, 1.82) is 0 Å². The van der Waals surface area contributed by atoms with Gasteiger partial charge in [0.2, 0.25) is 0 Å². The van der Waals surface area contributed by atoms with Crippen molar-refractivity contribution in [2.24, 2.45) is 0 Å². The van der Waals surface area contributed by atoms with E-state index in [0.29, 0.717) is 31.9 Å². The molecule has 100 valence electrons. The summed E-state index contributed by atoms with van der Waals surface area (Å²) in [6.45, 7) is 2.04. The van der Waals surface area contributed by atoms with E-state index in [1.54, 1.807) is 38.5 Å². The van der Waals surface area contributed by atoms with Crippen molar-refractivity contribution < 1.29 is 19.0 Å². The van der Waals surface area contributed by atoms with E-state index in [1.807, 2.05) is 0 Å². The van der Waals surface area contributed by atoms with Gasteiger partial charge in [-0.25, -0.2) is 0 Å². The first-order valence-corrected chi connectivity index (χ1v) is 5.77. The number of rotatable bonds is 8. The molecule has 1 aromatic rings. The lowest BCUT2D eigenvalue weighted by Gasteiger charge is -2.07. The number of benzene rings is 1. The van der Waals surface area contributed by atoms with Crippen molar-refractivity contribution in [3.05, 3.63) is 29.8 Å². The quantitative estimate of drug-likeness (QED) is 0.705. The molecule has 18 heavy (non-hydrogen) atoms. The summed E-state index contributed by atoms with van der Waals surface area (Å²) in [6.07, 6.45) is 0. The van der Waals surface area contributed by atoms with E-state index in [9.17, 15) is 4.79 Å². The summed E-state index contributed by atoms with van der Waals surface area (Å²) in [7, 11) is 3.22. The highest BCUT2D eigenvalue weighted by Crippen LogP contribution is 2.11. The molecule has 1 N–H and O–H groups in total. The van der Waals surface area contributed by atoms with Gasteiger partial charge in [-0.2, -0.15) is 0 Å². The Morgan fingerprint density at radius 1 is 1.06 bits per heavy atom. The number of ether oxygens (including phenoxy) is 3. The maximum Gasteiger partial charge on any atom is 0.251 e. The van der Waals surface area contributed by atoms with Crippen molar-refractivity contribution in [3.8, 4) is 5.75 Å². The van der Waals surface area contributed by atoms with Gasteiger partial charge in [0.25, 0.3) is 5.91 Å². The van der Waals surface area contributed by atoms with E-state index in [4.69, 9.17) is 14.2 Å². The van der Waals surface area contributed by atoms with Crippen LogP contribution in [-0.4, -0.2) is 46.5 Å². The lowest BCUT2D eigenvalue weighted by molar-refractivity contribution is 0.0937. The smallest absolute Gasteiger partial charge is 0.251 e. The molecule has 0 radical (unpaired) electrons. The SMILES string of the molecule is COCCNC(=O)c1ccc(OCCOC)cc1. The maximum atomic E-state index is 11.7. The Labute approximate surface area is 107 Å². The molecule has 5 heteroatoms. The van der Waals surface area contributed by atoms with Gasteiger partial charge >= 0.3 is 0 Å². The maximum absolute atomic E-state index is 11.7. The molecular formula is C13H19NO4. The highest BCUT2D eigenvalue weighted by Gasteiger charge is 2.04. The predicted molar refractivity (Wildman–Crippen MR) is 68.0 cm³/mol. The normalized spacial score (nSPS) is 10.1. The summed E-state index contributed by atoms with van der Waals surface area (Å²) in [6, 6.07) is 6.98. The Balaban J connectivity index is 2.41. The van der Waals surface area contributed by atoms with Gasteiger partial charge in [-0.1, -0.05) is 0 Å². The molecule has 1 rings (SSSR count). The second kappa shape index (κ2) is 8.49. The lowest BCUT2D eigenvalue weighted by Crippen LogP contribution is -2.26. The van der Waals surface area contributed by atoms with Crippen LogP contribution in [0.4, 0.5) is 0 Å². The Hall–Kier alpha value is -1.59. The minimum Gasteiger partial charge on any atom is -0.491 e. The summed E-state index contributed by atoms with van der Waals surface area (Å²) in [5.74, 6) is 0.607. The Bertz CT molecular complexity index is 351. The van der Waals surface area contributed by atoms with Gasteiger partial charge in [0.15, 0.2) is 0 Å². The molecule has 0 heterocycles. The molecule has 1 aromatic carbocycles. The van der Waals surface area contributed by atoms with E-state index in [0.717, 1.165) is 5.75 Å². The van der Waals surface area contributed by atoms with E-state index >= 15 is 0 Å². The van der Waals surface area contributed by atoms with Crippen LogP contribution in [0.3, 0.4) is 0 Å². The van der Waals surface area contributed by atoms with Gasteiger partial charge in [-0.3, -0.25) is 4.79 Å². The van der Waals surface area contributed by atoms with E-state index < -0.39 is 0 Å². The summed E-state index contributed by atoms with van der Waals surface area (Å²) in [5.41, 5.74) is 0.602. The monoisotopic (exact) mass is 253 g/mol. The van der Waals surface area contributed by atoms with Gasteiger partial charge < -0.3 is 19.5 Å². The topological polar surface area (TPSA) is 56.8 Å². The molecule has 0 atom stereocenters. The van der Waals surface area contributed by atoms with Crippen LogP contribution in [0.15, 0.2) is 24.3 Å². The van der Waals surface area contributed by atoms with E-state index in [1.165, 1.54) is 0 Å². The van der Waals surface area contributed by atoms with Crippen molar-refractivity contribution in [2.45, 2.75) is 0 Å². The zero-order chi connectivity index (χ0) is 13.2. The third-order valence-corrected chi connectivity index (χ3v) is 2.26. The van der Waals surface area contributed by atoms with E-state index in [2.05, 4.69) is 5.32 Å². The second-order valence-corrected chi connectivity index (χ2v) is 3.61. The molecule has 0 saturated heterocycles. The number of nitrogens with one attached hydrogen (secondary N) is 1. The molecular weight excluding hydrogens is 234 g/mol. The number of hydrogen-bond donors (Lipinski definition) is 1. The van der Waals surface area contributed by atoms with Crippen LogP contribution in [0.5, 0.6) is 5.75 Å². The predicted octanol–water partition coefficient (Wildman–Crippen LogP) is 1.09. The average Bonchev–Trinajstić information content (AvgIpc) is 2.40. The van der Waals surface area contributed by atoms with Crippen LogP contribution < -0.4 is 10.1 Å². The van der Waals surface area contributed by atoms with Crippen molar-refractivity contribution in [1.82, 2.24) is 5.32 Å². The Morgan fingerprint density at radius 2 is 1.72 bits per heavy atom. The molecule has 0 spiro atoms. The van der Waals surface area contributed by atoms with Crippen LogP contribution >= 0.6 is 0 Å². The molecule has 0 unspecified atom stereocenters. The highest BCUT2D eigenvalue weighted by atomic mass is 16.5. The third-order valence-electron chi connectivity index (χ3n) is 2.26. The standard InChI is InChI=1S/C13H19NO4/c1-16-8-7-14-13(15)11-3-5-12(6-4-11)18-10-9-17-2/h3-6H,7-10H2,1-2H3,(H,14,15). The number of hydrogen-bond acceptors (Lipinski definition) is 4. The van der Waals surface area contributed by atoms with Crippen LogP contribution in [0.1, 0.15) is 10.4 Å². The van der Waals surface area contributed by atoms with Gasteiger partial charge in [0.05, 0.1) is 13.2 Å². The first-order valence-electron chi connectivity index (χ1n) is 5.77. The molecule has 0 bridgehead atoms. The second-order valence-electron chi connectivity index (χ2n) is 3.61. The number of carbonyl (C=O) groups is 1. The lowest BCUT2D eigenvalue weighted by atomic mass is 10.2. The molecule has 0 fully saturated rings. The van der Waals surface area contributed by atoms with Gasteiger partial charge in [0, 0.05) is 26.3 Å². The van der Waals surface area contributed by atoms with Crippen LogP contribution in [0.25, 0.3) is 0 Å². The van der Waals surface area contributed by atoms with Crippen LogP contribution in [0.2, 0.25) is 0 Å². The summed E-state index contributed by atoms with van der Waals surface area (Å²) in [4.78, 5) is 11.7. The minimum absolute atomic E-state index is 0.115. The third kappa shape index (κ3) is 5.16. The first-order chi connectivity index (χ1) is 8.77. The van der Waals surface area contributed by atoms with Crippen LogP contribution in [0, 0.1) is 0 Å². The fourth-order valence-corrected chi connectivity index (χ4v) is 1.31. The molecule has 0 saturated carbocycles. The molecule has 0 aliphatic carbocycles. The van der Waals surface area contributed by atoms with Crippen LogP contribution in [-0.2, 0) is 9.47 Å². The first kappa shape index (κ1) is 14.5. The zero-order valence-corrected chi connectivity index (χ0v) is 10.8. The van der Waals surface area contributed by atoms with Gasteiger partial charge in [-0.15, -0.1) is 0 Å². The van der Waals surface area contributed by atoms with Gasteiger partial charge in [-0.05, 0) is 24.3 Å². The molecule has 1 amide bonds. The van der Waals surface area contributed by atoms with E-state index in [-0.39, 0.29) is 5.91 Å². The van der Waals surface area contributed by atoms with Crippen molar-refractivity contribution >= 4 is 5.91 Å². The molecule has 0 aliphatic heterocycles. The van der Waals surface area contributed by atoms with Crippen molar-refractivity contribution in [3.63, 3.8) is 0 Å². The molecule has 0 aromatic heterocycles. The fraction of sp³-hybridized carbons (Fsp3) is 0.462. The fourth-order valence-electron chi connectivity index (χ4n) is 1.31. The number of amides is 1. The Kier molecular flexibility index (Phi) is 6.83.